The standard InChI is InChI=1S/C13H16BrN3O/c1-2-17(5-6-18)12-4-3-11(15)10-7-9(14)8-16-13(10)12/h3-4,7-8,18H,2,5-6,15H2,1H3. The first-order chi connectivity index (χ1) is 8.67. The van der Waals surface area contributed by atoms with Crippen molar-refractivity contribution >= 4 is 38.2 Å². The summed E-state index contributed by atoms with van der Waals surface area (Å²) < 4.78 is 0.907. The maximum absolute atomic E-state index is 9.11. The van der Waals surface area contributed by atoms with Crippen molar-refractivity contribution in [3.63, 3.8) is 0 Å². The maximum atomic E-state index is 9.11. The zero-order valence-corrected chi connectivity index (χ0v) is 11.8. The predicted molar refractivity (Wildman–Crippen MR) is 78.8 cm³/mol. The number of hydrogen-bond donors (Lipinski definition) is 2. The number of rotatable bonds is 4. The van der Waals surface area contributed by atoms with Gasteiger partial charge in [0.15, 0.2) is 0 Å². The van der Waals surface area contributed by atoms with Crippen LogP contribution in [0.25, 0.3) is 10.9 Å². The number of halogens is 1. The summed E-state index contributed by atoms with van der Waals surface area (Å²) in [6, 6.07) is 5.80. The lowest BCUT2D eigenvalue weighted by molar-refractivity contribution is 0.302. The van der Waals surface area contributed by atoms with Gasteiger partial charge in [-0.1, -0.05) is 0 Å². The molecule has 18 heavy (non-hydrogen) atoms. The smallest absolute Gasteiger partial charge is 0.0956 e. The summed E-state index contributed by atoms with van der Waals surface area (Å²) in [6.07, 6.45) is 1.76. The van der Waals surface area contributed by atoms with Gasteiger partial charge in [0.05, 0.1) is 17.8 Å². The second-order valence-corrected chi connectivity index (χ2v) is 4.94. The van der Waals surface area contributed by atoms with E-state index in [4.69, 9.17) is 10.8 Å². The molecule has 0 radical (unpaired) electrons. The number of nitrogens with zero attached hydrogens (tertiary/aromatic N) is 2. The highest BCUT2D eigenvalue weighted by atomic mass is 79.9. The van der Waals surface area contributed by atoms with Crippen LogP contribution in [-0.2, 0) is 0 Å². The Morgan fingerprint density at radius 3 is 2.89 bits per heavy atom. The SMILES string of the molecule is CCN(CCO)c1ccc(N)c2cc(Br)cnc12. The quantitative estimate of drug-likeness (QED) is 0.851. The minimum Gasteiger partial charge on any atom is -0.398 e. The number of aromatic nitrogens is 1. The molecule has 0 saturated heterocycles. The van der Waals surface area contributed by atoms with E-state index in [1.165, 1.54) is 0 Å². The zero-order valence-electron chi connectivity index (χ0n) is 10.2. The number of pyridine rings is 1. The fourth-order valence-corrected chi connectivity index (χ4v) is 2.36. The molecule has 3 N–H and O–H groups in total. The van der Waals surface area contributed by atoms with Gasteiger partial charge in [-0.2, -0.15) is 0 Å². The average molecular weight is 310 g/mol. The largest absolute Gasteiger partial charge is 0.398 e. The first-order valence-corrected chi connectivity index (χ1v) is 6.66. The average Bonchev–Trinajstić information content (AvgIpc) is 2.37. The van der Waals surface area contributed by atoms with Crippen LogP contribution >= 0.6 is 15.9 Å². The van der Waals surface area contributed by atoms with Crippen LogP contribution in [0.3, 0.4) is 0 Å². The minimum absolute atomic E-state index is 0.121. The molecule has 0 fully saturated rings. The fourth-order valence-electron chi connectivity index (χ4n) is 2.03. The van der Waals surface area contributed by atoms with Crippen molar-refractivity contribution in [1.82, 2.24) is 4.98 Å². The van der Waals surface area contributed by atoms with Crippen LogP contribution in [0.15, 0.2) is 28.9 Å². The van der Waals surface area contributed by atoms with Gasteiger partial charge in [-0.05, 0) is 41.1 Å². The van der Waals surface area contributed by atoms with Crippen molar-refractivity contribution in [2.24, 2.45) is 0 Å². The summed E-state index contributed by atoms with van der Waals surface area (Å²) in [5, 5.41) is 10.0. The van der Waals surface area contributed by atoms with Gasteiger partial charge in [-0.15, -0.1) is 0 Å². The number of anilines is 2. The Bertz CT molecular complexity index is 559. The molecule has 0 unspecified atom stereocenters. The van der Waals surface area contributed by atoms with Crippen molar-refractivity contribution in [1.29, 1.82) is 0 Å². The van der Waals surface area contributed by atoms with E-state index in [1.54, 1.807) is 6.20 Å². The van der Waals surface area contributed by atoms with Crippen LogP contribution in [0.5, 0.6) is 0 Å². The van der Waals surface area contributed by atoms with E-state index in [0.717, 1.165) is 27.6 Å². The number of fused-ring (bicyclic) bond motifs is 1. The summed E-state index contributed by atoms with van der Waals surface area (Å²) >= 11 is 3.40. The third-order valence-corrected chi connectivity index (χ3v) is 3.35. The lowest BCUT2D eigenvalue weighted by atomic mass is 10.1. The van der Waals surface area contributed by atoms with E-state index in [-0.39, 0.29) is 6.61 Å². The van der Waals surface area contributed by atoms with Crippen LogP contribution < -0.4 is 10.6 Å². The normalized spacial score (nSPS) is 10.8. The van der Waals surface area contributed by atoms with Crippen LogP contribution in [-0.4, -0.2) is 29.8 Å². The summed E-state index contributed by atoms with van der Waals surface area (Å²) in [6.45, 7) is 3.58. The Labute approximate surface area is 115 Å². The summed E-state index contributed by atoms with van der Waals surface area (Å²) in [5.41, 5.74) is 8.56. The predicted octanol–water partition coefficient (Wildman–Crippen LogP) is 2.40. The van der Waals surface area contributed by atoms with Gasteiger partial charge in [-0.25, -0.2) is 0 Å². The lowest BCUT2D eigenvalue weighted by Gasteiger charge is -2.23. The molecule has 0 saturated carbocycles. The van der Waals surface area contributed by atoms with Crippen molar-refractivity contribution in [3.8, 4) is 0 Å². The second kappa shape index (κ2) is 5.54. The van der Waals surface area contributed by atoms with Gasteiger partial charge in [0, 0.05) is 34.8 Å². The topological polar surface area (TPSA) is 62.4 Å². The first kappa shape index (κ1) is 13.1. The Balaban J connectivity index is 2.61. The van der Waals surface area contributed by atoms with Gasteiger partial charge < -0.3 is 15.7 Å². The minimum atomic E-state index is 0.121. The molecule has 0 bridgehead atoms. The second-order valence-electron chi connectivity index (χ2n) is 4.03. The highest BCUT2D eigenvalue weighted by molar-refractivity contribution is 9.10. The zero-order chi connectivity index (χ0) is 13.1. The molecule has 2 aromatic rings. The number of nitrogens with two attached hydrogens (primary N) is 1. The van der Waals surface area contributed by atoms with E-state index in [0.29, 0.717) is 12.2 Å². The molecular formula is C13H16BrN3O. The number of aliphatic hydroxyl groups is 1. The molecule has 0 spiro atoms. The number of likely N-dealkylation sites (N-methyl/N-ethyl adjacent to an activating group) is 1. The van der Waals surface area contributed by atoms with E-state index >= 15 is 0 Å². The highest BCUT2D eigenvalue weighted by Gasteiger charge is 2.11. The molecule has 1 aromatic heterocycles. The Morgan fingerprint density at radius 2 is 2.22 bits per heavy atom. The van der Waals surface area contributed by atoms with Gasteiger partial charge in [0.1, 0.15) is 0 Å². The molecule has 5 heteroatoms. The molecule has 2 rings (SSSR count). The lowest BCUT2D eigenvalue weighted by Crippen LogP contribution is -2.26. The molecule has 0 atom stereocenters. The van der Waals surface area contributed by atoms with Gasteiger partial charge in [-0.3, -0.25) is 4.98 Å². The number of nitrogen functional groups attached to an aromatic ring is 1. The molecule has 0 aliphatic heterocycles. The van der Waals surface area contributed by atoms with Gasteiger partial charge in [0.2, 0.25) is 0 Å². The third kappa shape index (κ3) is 2.42. The van der Waals surface area contributed by atoms with Crippen LogP contribution in [0.2, 0.25) is 0 Å². The van der Waals surface area contributed by atoms with Crippen molar-refractivity contribution in [3.05, 3.63) is 28.9 Å². The summed E-state index contributed by atoms with van der Waals surface area (Å²) in [7, 11) is 0. The summed E-state index contributed by atoms with van der Waals surface area (Å²) in [4.78, 5) is 6.53. The molecule has 0 aliphatic rings. The molecule has 1 heterocycles. The van der Waals surface area contributed by atoms with Gasteiger partial charge in [0.25, 0.3) is 0 Å². The number of benzene rings is 1. The van der Waals surface area contributed by atoms with Crippen molar-refractivity contribution in [2.75, 3.05) is 30.3 Å². The molecule has 1 aromatic carbocycles. The third-order valence-electron chi connectivity index (χ3n) is 2.92. The monoisotopic (exact) mass is 309 g/mol. The van der Waals surface area contributed by atoms with Crippen molar-refractivity contribution < 1.29 is 5.11 Å². The Kier molecular flexibility index (Phi) is 4.04. The van der Waals surface area contributed by atoms with Crippen molar-refractivity contribution in [2.45, 2.75) is 6.92 Å². The summed E-state index contributed by atoms with van der Waals surface area (Å²) in [5.74, 6) is 0. The molecule has 96 valence electrons. The molecule has 0 amide bonds. The van der Waals surface area contributed by atoms with Crippen LogP contribution in [0, 0.1) is 0 Å². The van der Waals surface area contributed by atoms with E-state index in [1.807, 2.05) is 18.2 Å². The number of aliphatic hydroxyl groups excluding tert-OH is 1. The molecule has 0 aliphatic carbocycles. The first-order valence-electron chi connectivity index (χ1n) is 5.87. The van der Waals surface area contributed by atoms with E-state index in [2.05, 4.69) is 32.7 Å². The highest BCUT2D eigenvalue weighted by Crippen LogP contribution is 2.30. The van der Waals surface area contributed by atoms with Gasteiger partial charge >= 0.3 is 0 Å². The number of hydrogen-bond acceptors (Lipinski definition) is 4. The fraction of sp³-hybridized carbons (Fsp3) is 0.308. The van der Waals surface area contributed by atoms with E-state index < -0.39 is 0 Å². The van der Waals surface area contributed by atoms with E-state index in [9.17, 15) is 0 Å². The van der Waals surface area contributed by atoms with Crippen LogP contribution in [0.1, 0.15) is 6.92 Å². The molecular weight excluding hydrogens is 294 g/mol. The Morgan fingerprint density at radius 1 is 1.44 bits per heavy atom. The maximum Gasteiger partial charge on any atom is 0.0956 e. The van der Waals surface area contributed by atoms with Crippen LogP contribution in [0.4, 0.5) is 11.4 Å². The molecule has 4 nitrogen and oxygen atoms in total. The Hall–Kier alpha value is -1.33.